The van der Waals surface area contributed by atoms with Gasteiger partial charge >= 0.3 is 0 Å². The summed E-state index contributed by atoms with van der Waals surface area (Å²) in [7, 11) is 0. The minimum Gasteiger partial charge on any atom is -0.352 e. The van der Waals surface area contributed by atoms with Crippen LogP contribution in [0.15, 0.2) is 11.6 Å². The summed E-state index contributed by atoms with van der Waals surface area (Å²) in [4.78, 5) is 0. The number of hydrogen-bond donors (Lipinski definition) is 0. The molecule has 0 bridgehead atoms. The fraction of sp³-hybridized carbons (Fsp3) is 0.857. The van der Waals surface area contributed by atoms with Crippen LogP contribution in [0.5, 0.6) is 0 Å². The molecule has 0 radical (unpaired) electrons. The summed E-state index contributed by atoms with van der Waals surface area (Å²) in [5, 5.41) is 0. The van der Waals surface area contributed by atoms with Crippen molar-refractivity contribution in [2.45, 2.75) is 40.4 Å². The fourth-order valence-electron chi connectivity index (χ4n) is 3.14. The van der Waals surface area contributed by atoms with Crippen LogP contribution in [0.1, 0.15) is 34.1 Å². The van der Waals surface area contributed by atoms with Gasteiger partial charge in [0, 0.05) is 11.8 Å². The van der Waals surface area contributed by atoms with Crippen molar-refractivity contribution in [3.63, 3.8) is 0 Å². The molecule has 1 aliphatic carbocycles. The summed E-state index contributed by atoms with van der Waals surface area (Å²) >= 11 is 0. The predicted molar refractivity (Wildman–Crippen MR) is 65.0 cm³/mol. The molecule has 0 amide bonds. The van der Waals surface area contributed by atoms with Crippen molar-refractivity contribution in [2.75, 3.05) is 13.2 Å². The zero-order valence-electron chi connectivity index (χ0n) is 10.9. The molecule has 1 saturated heterocycles. The van der Waals surface area contributed by atoms with Crippen LogP contribution in [-0.4, -0.2) is 19.5 Å². The molecule has 0 spiro atoms. The Morgan fingerprint density at radius 1 is 1.12 bits per heavy atom. The molecule has 0 unspecified atom stereocenters. The molecule has 1 heterocycles. The van der Waals surface area contributed by atoms with Crippen LogP contribution < -0.4 is 0 Å². The van der Waals surface area contributed by atoms with Crippen molar-refractivity contribution in [3.8, 4) is 0 Å². The third-order valence-corrected chi connectivity index (χ3v) is 3.86. The molecule has 16 heavy (non-hydrogen) atoms. The zero-order chi connectivity index (χ0) is 11.7. The van der Waals surface area contributed by atoms with E-state index in [2.05, 4.69) is 33.8 Å². The maximum absolute atomic E-state index is 5.85. The van der Waals surface area contributed by atoms with Crippen LogP contribution in [0.2, 0.25) is 0 Å². The average Bonchev–Trinajstić information content (AvgIpc) is 2.19. The second kappa shape index (κ2) is 4.89. The lowest BCUT2D eigenvalue weighted by Crippen LogP contribution is -2.42. The molecule has 1 aliphatic heterocycles. The minimum absolute atomic E-state index is 0.0190. The van der Waals surface area contributed by atoms with Crippen LogP contribution >= 0.6 is 0 Å². The molecule has 0 saturated carbocycles. The van der Waals surface area contributed by atoms with E-state index in [-0.39, 0.29) is 6.29 Å². The average molecular weight is 224 g/mol. The van der Waals surface area contributed by atoms with Crippen molar-refractivity contribution >= 4 is 0 Å². The molecule has 2 rings (SSSR count). The van der Waals surface area contributed by atoms with Crippen molar-refractivity contribution < 1.29 is 9.47 Å². The van der Waals surface area contributed by atoms with Gasteiger partial charge in [0.25, 0.3) is 0 Å². The number of allylic oxidation sites excluding steroid dienone is 2. The van der Waals surface area contributed by atoms with Crippen molar-refractivity contribution in [3.05, 3.63) is 11.6 Å². The topological polar surface area (TPSA) is 18.5 Å². The van der Waals surface area contributed by atoms with Crippen LogP contribution in [0, 0.1) is 23.7 Å². The van der Waals surface area contributed by atoms with Gasteiger partial charge in [-0.05, 0) is 25.2 Å². The third kappa shape index (κ3) is 2.49. The fourth-order valence-corrected chi connectivity index (χ4v) is 3.14. The predicted octanol–water partition coefficient (Wildman–Crippen LogP) is 3.23. The summed E-state index contributed by atoms with van der Waals surface area (Å²) < 4.78 is 11.7. The van der Waals surface area contributed by atoms with E-state index in [1.807, 2.05) is 0 Å². The molecule has 92 valence electrons. The van der Waals surface area contributed by atoms with Gasteiger partial charge in [0.05, 0.1) is 13.2 Å². The minimum atomic E-state index is 0.0190. The van der Waals surface area contributed by atoms with E-state index in [1.165, 1.54) is 12.0 Å². The Morgan fingerprint density at radius 3 is 2.31 bits per heavy atom. The van der Waals surface area contributed by atoms with Gasteiger partial charge in [-0.25, -0.2) is 0 Å². The van der Waals surface area contributed by atoms with Gasteiger partial charge in [0.2, 0.25) is 0 Å². The first-order valence-corrected chi connectivity index (χ1v) is 6.48. The van der Waals surface area contributed by atoms with Crippen LogP contribution in [0.25, 0.3) is 0 Å². The molecule has 0 aromatic rings. The van der Waals surface area contributed by atoms with Gasteiger partial charge in [-0.15, -0.1) is 0 Å². The first-order valence-electron chi connectivity index (χ1n) is 6.48. The lowest BCUT2D eigenvalue weighted by Gasteiger charge is -2.40. The Balaban J connectivity index is 2.03. The van der Waals surface area contributed by atoms with E-state index in [1.54, 1.807) is 0 Å². The third-order valence-electron chi connectivity index (χ3n) is 3.86. The second-order valence-electron chi connectivity index (χ2n) is 5.77. The lowest BCUT2D eigenvalue weighted by molar-refractivity contribution is -0.235. The highest BCUT2D eigenvalue weighted by Crippen LogP contribution is 2.38. The Hall–Kier alpha value is -0.340. The molecule has 1 fully saturated rings. The normalized spacial score (nSPS) is 45.2. The Kier molecular flexibility index (Phi) is 3.70. The summed E-state index contributed by atoms with van der Waals surface area (Å²) in [6, 6.07) is 0. The summed E-state index contributed by atoms with van der Waals surface area (Å²) in [5.74, 6) is 2.31. The van der Waals surface area contributed by atoms with Crippen molar-refractivity contribution in [1.82, 2.24) is 0 Å². The van der Waals surface area contributed by atoms with E-state index in [0.29, 0.717) is 23.7 Å². The van der Waals surface area contributed by atoms with E-state index >= 15 is 0 Å². The molecular formula is C14H24O2. The zero-order valence-corrected chi connectivity index (χ0v) is 10.9. The quantitative estimate of drug-likeness (QED) is 0.637. The smallest absolute Gasteiger partial charge is 0.161 e. The monoisotopic (exact) mass is 224 g/mol. The Morgan fingerprint density at radius 2 is 1.75 bits per heavy atom. The summed E-state index contributed by atoms with van der Waals surface area (Å²) in [5.41, 5.74) is 1.51. The summed E-state index contributed by atoms with van der Waals surface area (Å²) in [6.07, 6.45) is 3.59. The first kappa shape index (κ1) is 12.1. The van der Waals surface area contributed by atoms with Gasteiger partial charge in [-0.3, -0.25) is 0 Å². The first-order chi connectivity index (χ1) is 7.58. The molecule has 0 aromatic carbocycles. The van der Waals surface area contributed by atoms with Gasteiger partial charge in [0.1, 0.15) is 0 Å². The molecule has 0 N–H and O–H groups in total. The molecule has 2 nitrogen and oxygen atoms in total. The van der Waals surface area contributed by atoms with E-state index < -0.39 is 0 Å². The maximum Gasteiger partial charge on any atom is 0.161 e. The highest BCUT2D eigenvalue weighted by molar-refractivity contribution is 5.08. The van der Waals surface area contributed by atoms with Crippen LogP contribution in [0.3, 0.4) is 0 Å². The Labute approximate surface area is 99.0 Å². The van der Waals surface area contributed by atoms with Gasteiger partial charge in [-0.2, -0.15) is 0 Å². The molecule has 0 aromatic heterocycles. The highest BCUT2D eigenvalue weighted by Gasteiger charge is 2.36. The molecule has 3 atom stereocenters. The highest BCUT2D eigenvalue weighted by atomic mass is 16.7. The van der Waals surface area contributed by atoms with Crippen molar-refractivity contribution in [2.24, 2.45) is 23.7 Å². The number of rotatable bonds is 1. The van der Waals surface area contributed by atoms with Crippen LogP contribution in [0.4, 0.5) is 0 Å². The molecular weight excluding hydrogens is 200 g/mol. The standard InChI is InChI=1S/C14H24O2/c1-9-5-11(3)13(12(4)6-9)14-15-7-10(2)8-16-14/h5,10-14H,6-8H2,1-4H3/t10?,11-,12-,13-,14?/m0/s1. The molecule has 2 aliphatic rings. The molecule has 2 heteroatoms. The van der Waals surface area contributed by atoms with E-state index in [4.69, 9.17) is 9.47 Å². The van der Waals surface area contributed by atoms with Crippen LogP contribution in [-0.2, 0) is 9.47 Å². The summed E-state index contributed by atoms with van der Waals surface area (Å²) in [6.45, 7) is 10.7. The Bertz CT molecular complexity index is 264. The van der Waals surface area contributed by atoms with E-state index in [0.717, 1.165) is 13.2 Å². The van der Waals surface area contributed by atoms with Gasteiger partial charge in [-0.1, -0.05) is 32.4 Å². The largest absolute Gasteiger partial charge is 0.352 e. The lowest BCUT2D eigenvalue weighted by atomic mass is 9.74. The number of ether oxygens (including phenoxy) is 2. The van der Waals surface area contributed by atoms with Crippen molar-refractivity contribution in [1.29, 1.82) is 0 Å². The van der Waals surface area contributed by atoms with Gasteiger partial charge < -0.3 is 9.47 Å². The second-order valence-corrected chi connectivity index (χ2v) is 5.77. The van der Waals surface area contributed by atoms with Gasteiger partial charge in [0.15, 0.2) is 6.29 Å². The number of hydrogen-bond acceptors (Lipinski definition) is 2. The maximum atomic E-state index is 5.85. The van der Waals surface area contributed by atoms with E-state index in [9.17, 15) is 0 Å². The SMILES string of the molecule is CC1=C[C@H](C)[C@H](C2OCC(C)CO2)[C@@H](C)C1.